The van der Waals surface area contributed by atoms with Crippen molar-refractivity contribution < 1.29 is 9.90 Å². The van der Waals surface area contributed by atoms with E-state index in [1.165, 1.54) is 16.7 Å². The van der Waals surface area contributed by atoms with Gasteiger partial charge in [0, 0.05) is 6.54 Å². The summed E-state index contributed by atoms with van der Waals surface area (Å²) in [5.74, 6) is -0.366. The second-order valence-electron chi connectivity index (χ2n) is 4.87. The van der Waals surface area contributed by atoms with Crippen molar-refractivity contribution in [3.05, 3.63) is 34.4 Å². The fraction of sp³-hybridized carbons (Fsp3) is 0.533. The number of aliphatic hydroxyl groups excluding tert-OH is 1. The first kappa shape index (κ1) is 14.7. The number of hydrogen-bond donors (Lipinski definition) is 2. The summed E-state index contributed by atoms with van der Waals surface area (Å²) in [6, 6.07) is 4.25. The molecule has 18 heavy (non-hydrogen) atoms. The summed E-state index contributed by atoms with van der Waals surface area (Å²) in [6.07, 6.45) is 0.661. The molecule has 1 amide bonds. The van der Waals surface area contributed by atoms with Gasteiger partial charge in [-0.25, -0.2) is 0 Å². The minimum Gasteiger partial charge on any atom is -0.396 e. The standard InChI is InChI=1S/C15H23NO2/c1-5-13(9-17)15(18)16-8-14-7-11(3)10(2)6-12(14)4/h6-7,13,17H,5,8-9H2,1-4H3,(H,16,18). The van der Waals surface area contributed by atoms with E-state index in [1.807, 2.05) is 6.92 Å². The molecule has 3 heteroatoms. The van der Waals surface area contributed by atoms with Crippen LogP contribution < -0.4 is 5.32 Å². The van der Waals surface area contributed by atoms with Crippen LogP contribution in [0.15, 0.2) is 12.1 Å². The van der Waals surface area contributed by atoms with Crippen LogP contribution in [0.4, 0.5) is 0 Å². The molecule has 0 aliphatic carbocycles. The third-order valence-electron chi connectivity index (χ3n) is 3.49. The van der Waals surface area contributed by atoms with Gasteiger partial charge in [0.1, 0.15) is 0 Å². The highest BCUT2D eigenvalue weighted by atomic mass is 16.3. The minimum atomic E-state index is -0.295. The average Bonchev–Trinajstić information content (AvgIpc) is 2.33. The Morgan fingerprint density at radius 1 is 1.22 bits per heavy atom. The van der Waals surface area contributed by atoms with Gasteiger partial charge in [-0.3, -0.25) is 4.79 Å². The zero-order valence-electron chi connectivity index (χ0n) is 11.7. The van der Waals surface area contributed by atoms with Gasteiger partial charge >= 0.3 is 0 Å². The second kappa shape index (κ2) is 6.55. The van der Waals surface area contributed by atoms with Crippen molar-refractivity contribution in [2.45, 2.75) is 40.7 Å². The third-order valence-corrected chi connectivity index (χ3v) is 3.49. The van der Waals surface area contributed by atoms with Crippen molar-refractivity contribution in [1.82, 2.24) is 5.32 Å². The van der Waals surface area contributed by atoms with Crippen LogP contribution in [0.1, 0.15) is 35.6 Å². The van der Waals surface area contributed by atoms with Crippen LogP contribution in [-0.2, 0) is 11.3 Å². The quantitative estimate of drug-likeness (QED) is 0.841. The highest BCUT2D eigenvalue weighted by Gasteiger charge is 2.14. The molecule has 0 bridgehead atoms. The van der Waals surface area contributed by atoms with Crippen molar-refractivity contribution in [2.75, 3.05) is 6.61 Å². The molecule has 1 aromatic carbocycles. The van der Waals surface area contributed by atoms with Gasteiger partial charge in [0.15, 0.2) is 0 Å². The molecule has 100 valence electrons. The fourth-order valence-electron chi connectivity index (χ4n) is 1.93. The molecule has 0 radical (unpaired) electrons. The molecule has 0 spiro atoms. The van der Waals surface area contributed by atoms with Crippen LogP contribution in [0.3, 0.4) is 0 Å². The van der Waals surface area contributed by atoms with Crippen LogP contribution >= 0.6 is 0 Å². The van der Waals surface area contributed by atoms with Gasteiger partial charge in [-0.2, -0.15) is 0 Å². The van der Waals surface area contributed by atoms with E-state index in [0.29, 0.717) is 13.0 Å². The molecule has 2 N–H and O–H groups in total. The Morgan fingerprint density at radius 3 is 2.39 bits per heavy atom. The Labute approximate surface area is 109 Å². The SMILES string of the molecule is CCC(CO)C(=O)NCc1cc(C)c(C)cc1C. The summed E-state index contributed by atoms with van der Waals surface area (Å²) in [5, 5.41) is 12.0. The number of amides is 1. The molecule has 1 aromatic rings. The first-order chi connectivity index (χ1) is 8.49. The Bertz CT molecular complexity index is 423. The monoisotopic (exact) mass is 249 g/mol. The Kier molecular flexibility index (Phi) is 5.35. The lowest BCUT2D eigenvalue weighted by atomic mass is 10.0. The molecular formula is C15H23NO2. The first-order valence-corrected chi connectivity index (χ1v) is 6.44. The van der Waals surface area contributed by atoms with Crippen LogP contribution in [0.2, 0.25) is 0 Å². The van der Waals surface area contributed by atoms with E-state index in [4.69, 9.17) is 5.11 Å². The first-order valence-electron chi connectivity index (χ1n) is 6.44. The highest BCUT2D eigenvalue weighted by Crippen LogP contribution is 2.15. The fourth-order valence-corrected chi connectivity index (χ4v) is 1.93. The summed E-state index contributed by atoms with van der Waals surface area (Å²) in [7, 11) is 0. The van der Waals surface area contributed by atoms with Crippen LogP contribution in [-0.4, -0.2) is 17.6 Å². The van der Waals surface area contributed by atoms with Gasteiger partial charge in [0.2, 0.25) is 5.91 Å². The number of aliphatic hydroxyl groups is 1. The molecule has 3 nitrogen and oxygen atoms in total. The lowest BCUT2D eigenvalue weighted by Gasteiger charge is -2.14. The normalized spacial score (nSPS) is 12.3. The number of nitrogens with one attached hydrogen (secondary N) is 1. The van der Waals surface area contributed by atoms with E-state index >= 15 is 0 Å². The maximum atomic E-state index is 11.8. The van der Waals surface area contributed by atoms with Gasteiger partial charge in [-0.05, 0) is 49.4 Å². The van der Waals surface area contributed by atoms with E-state index in [1.54, 1.807) is 0 Å². The number of benzene rings is 1. The average molecular weight is 249 g/mol. The zero-order chi connectivity index (χ0) is 13.7. The summed E-state index contributed by atoms with van der Waals surface area (Å²) in [4.78, 5) is 11.8. The van der Waals surface area contributed by atoms with Gasteiger partial charge in [-0.15, -0.1) is 0 Å². The molecule has 0 saturated carbocycles. The summed E-state index contributed by atoms with van der Waals surface area (Å²) in [6.45, 7) is 8.56. The minimum absolute atomic E-state index is 0.0716. The third kappa shape index (κ3) is 3.57. The summed E-state index contributed by atoms with van der Waals surface area (Å²) >= 11 is 0. The summed E-state index contributed by atoms with van der Waals surface area (Å²) < 4.78 is 0. The summed E-state index contributed by atoms with van der Waals surface area (Å²) in [5.41, 5.74) is 4.83. The van der Waals surface area contributed by atoms with Crippen molar-refractivity contribution in [1.29, 1.82) is 0 Å². The predicted molar refractivity (Wildman–Crippen MR) is 73.4 cm³/mol. The molecule has 1 atom stereocenters. The van der Waals surface area contributed by atoms with Crippen LogP contribution in [0.25, 0.3) is 0 Å². The van der Waals surface area contributed by atoms with Gasteiger partial charge in [0.05, 0.1) is 12.5 Å². The van der Waals surface area contributed by atoms with Gasteiger partial charge in [-0.1, -0.05) is 19.1 Å². The number of hydrogen-bond acceptors (Lipinski definition) is 2. The van der Waals surface area contributed by atoms with Gasteiger partial charge in [0.25, 0.3) is 0 Å². The van der Waals surface area contributed by atoms with Crippen molar-refractivity contribution in [2.24, 2.45) is 5.92 Å². The Balaban J connectivity index is 2.69. The molecule has 0 aliphatic heterocycles. The highest BCUT2D eigenvalue weighted by molar-refractivity contribution is 5.78. The Hall–Kier alpha value is -1.35. The Morgan fingerprint density at radius 2 is 1.83 bits per heavy atom. The van der Waals surface area contributed by atoms with Crippen molar-refractivity contribution in [3.8, 4) is 0 Å². The molecule has 0 fully saturated rings. The number of aryl methyl sites for hydroxylation is 3. The van der Waals surface area contributed by atoms with E-state index < -0.39 is 0 Å². The maximum absolute atomic E-state index is 11.8. The number of carbonyl (C=O) groups excluding carboxylic acids is 1. The largest absolute Gasteiger partial charge is 0.396 e. The lowest BCUT2D eigenvalue weighted by molar-refractivity contribution is -0.126. The molecular weight excluding hydrogens is 226 g/mol. The molecule has 1 unspecified atom stereocenters. The molecule has 1 rings (SSSR count). The van der Waals surface area contributed by atoms with Gasteiger partial charge < -0.3 is 10.4 Å². The maximum Gasteiger partial charge on any atom is 0.225 e. The van der Waals surface area contributed by atoms with Crippen LogP contribution in [0.5, 0.6) is 0 Å². The topological polar surface area (TPSA) is 49.3 Å². The van der Waals surface area contributed by atoms with E-state index in [2.05, 4.69) is 38.2 Å². The molecule has 0 aliphatic rings. The number of rotatable bonds is 5. The predicted octanol–water partition coefficient (Wildman–Crippen LogP) is 2.25. The molecule has 0 saturated heterocycles. The van der Waals surface area contributed by atoms with E-state index in [0.717, 1.165) is 5.56 Å². The van der Waals surface area contributed by atoms with E-state index in [9.17, 15) is 4.79 Å². The second-order valence-corrected chi connectivity index (χ2v) is 4.87. The van der Waals surface area contributed by atoms with Crippen molar-refractivity contribution in [3.63, 3.8) is 0 Å². The molecule has 0 aromatic heterocycles. The van der Waals surface area contributed by atoms with Crippen LogP contribution in [0, 0.1) is 26.7 Å². The van der Waals surface area contributed by atoms with E-state index in [-0.39, 0.29) is 18.4 Å². The van der Waals surface area contributed by atoms with Crippen molar-refractivity contribution >= 4 is 5.91 Å². The number of carbonyl (C=O) groups is 1. The lowest BCUT2D eigenvalue weighted by Crippen LogP contribution is -2.32. The smallest absolute Gasteiger partial charge is 0.225 e. The molecule has 0 heterocycles. The zero-order valence-corrected chi connectivity index (χ0v) is 11.7.